The number of hydrogen-bond acceptors (Lipinski definition) is 5. The highest BCUT2D eigenvalue weighted by molar-refractivity contribution is 7.89. The van der Waals surface area contributed by atoms with E-state index in [1.807, 2.05) is 0 Å². The molecular weight excluding hydrogens is 278 g/mol. The minimum absolute atomic E-state index is 0.0693. The number of anilines is 2. The predicted molar refractivity (Wildman–Crippen MR) is 79.0 cm³/mol. The first kappa shape index (κ1) is 15.1. The Labute approximate surface area is 119 Å². The molecule has 1 unspecified atom stereocenters. The van der Waals surface area contributed by atoms with Gasteiger partial charge in [0.05, 0.1) is 11.5 Å². The fourth-order valence-corrected chi connectivity index (χ4v) is 3.25. The molecule has 2 rings (SSSR count). The normalized spacial score (nSPS) is 19.8. The number of nitrogens with one attached hydrogen (secondary N) is 1. The summed E-state index contributed by atoms with van der Waals surface area (Å²) in [4.78, 5) is 0.0693. The first-order valence-corrected chi connectivity index (χ1v) is 8.17. The molecule has 1 heterocycles. The Bertz CT molecular complexity index is 581. The van der Waals surface area contributed by atoms with Crippen molar-refractivity contribution in [2.24, 2.45) is 11.1 Å². The van der Waals surface area contributed by atoms with Gasteiger partial charge in [-0.05, 0) is 43.4 Å². The van der Waals surface area contributed by atoms with E-state index in [9.17, 15) is 8.42 Å². The highest BCUT2D eigenvalue weighted by Gasteiger charge is 2.17. The second kappa shape index (κ2) is 5.99. The first-order chi connectivity index (χ1) is 9.38. The van der Waals surface area contributed by atoms with Gasteiger partial charge in [0.25, 0.3) is 0 Å². The molecule has 112 valence electrons. The van der Waals surface area contributed by atoms with Crippen LogP contribution in [-0.2, 0) is 14.8 Å². The third-order valence-corrected chi connectivity index (χ3v) is 4.56. The molecule has 0 radical (unpaired) electrons. The number of benzene rings is 1. The summed E-state index contributed by atoms with van der Waals surface area (Å²) in [7, 11) is -3.77. The molecule has 0 amide bonds. The van der Waals surface area contributed by atoms with Gasteiger partial charge >= 0.3 is 0 Å². The number of primary sulfonamides is 1. The van der Waals surface area contributed by atoms with E-state index in [1.165, 1.54) is 6.07 Å². The number of ether oxygens (including phenoxy) is 1. The molecule has 1 fully saturated rings. The largest absolute Gasteiger partial charge is 0.399 e. The number of nitrogen functional groups attached to an aromatic ring is 1. The van der Waals surface area contributed by atoms with E-state index in [2.05, 4.69) is 5.32 Å². The quantitative estimate of drug-likeness (QED) is 0.721. The van der Waals surface area contributed by atoms with Crippen molar-refractivity contribution in [2.45, 2.75) is 24.7 Å². The molecule has 1 aliphatic rings. The van der Waals surface area contributed by atoms with Gasteiger partial charge in [0.1, 0.15) is 0 Å². The van der Waals surface area contributed by atoms with Gasteiger partial charge in [-0.3, -0.25) is 0 Å². The summed E-state index contributed by atoms with van der Waals surface area (Å²) in [6.45, 7) is 4.01. The third-order valence-electron chi connectivity index (χ3n) is 3.52. The van der Waals surface area contributed by atoms with E-state index in [4.69, 9.17) is 15.6 Å². The van der Waals surface area contributed by atoms with Gasteiger partial charge in [0.15, 0.2) is 0 Å². The Balaban J connectivity index is 2.17. The molecule has 6 nitrogen and oxygen atoms in total. The molecule has 1 aliphatic heterocycles. The van der Waals surface area contributed by atoms with Crippen LogP contribution < -0.4 is 16.2 Å². The summed E-state index contributed by atoms with van der Waals surface area (Å²) in [5, 5.41) is 8.46. The molecule has 0 aromatic heterocycles. The average Bonchev–Trinajstić information content (AvgIpc) is 2.39. The molecule has 1 aromatic rings. The van der Waals surface area contributed by atoms with Gasteiger partial charge in [-0.1, -0.05) is 0 Å². The van der Waals surface area contributed by atoms with Crippen LogP contribution >= 0.6 is 0 Å². The average molecular weight is 299 g/mol. The SMILES string of the molecule is Cc1c(NCC2CCCOC2)cc(N)cc1S(N)(=O)=O. The molecule has 1 aromatic carbocycles. The molecule has 1 atom stereocenters. The van der Waals surface area contributed by atoms with E-state index < -0.39 is 10.0 Å². The predicted octanol–water partition coefficient (Wildman–Crippen LogP) is 1.06. The van der Waals surface area contributed by atoms with Gasteiger partial charge in [-0.2, -0.15) is 0 Å². The minimum Gasteiger partial charge on any atom is -0.399 e. The van der Waals surface area contributed by atoms with E-state index in [0.717, 1.165) is 32.6 Å². The molecule has 0 bridgehead atoms. The molecule has 7 heteroatoms. The van der Waals surface area contributed by atoms with Crippen molar-refractivity contribution in [1.82, 2.24) is 0 Å². The second-order valence-corrected chi connectivity index (χ2v) is 6.73. The molecule has 0 aliphatic carbocycles. The van der Waals surface area contributed by atoms with Crippen LogP contribution in [0, 0.1) is 12.8 Å². The number of rotatable bonds is 4. The number of sulfonamides is 1. The molecule has 0 spiro atoms. The molecular formula is C13H21N3O3S. The summed E-state index contributed by atoms with van der Waals surface area (Å²) in [6.07, 6.45) is 2.17. The van der Waals surface area contributed by atoms with Crippen molar-refractivity contribution in [3.8, 4) is 0 Å². The van der Waals surface area contributed by atoms with Crippen LogP contribution in [0.1, 0.15) is 18.4 Å². The Morgan fingerprint density at radius 3 is 2.80 bits per heavy atom. The summed E-state index contributed by atoms with van der Waals surface area (Å²) < 4.78 is 28.5. The van der Waals surface area contributed by atoms with Crippen LogP contribution in [0.2, 0.25) is 0 Å². The van der Waals surface area contributed by atoms with Crippen LogP contribution in [0.4, 0.5) is 11.4 Å². The summed E-state index contributed by atoms with van der Waals surface area (Å²) in [5.74, 6) is 0.433. The van der Waals surface area contributed by atoms with Crippen molar-refractivity contribution in [3.05, 3.63) is 17.7 Å². The Morgan fingerprint density at radius 2 is 2.20 bits per heavy atom. The highest BCUT2D eigenvalue weighted by Crippen LogP contribution is 2.26. The third kappa shape index (κ3) is 3.62. The second-order valence-electron chi connectivity index (χ2n) is 5.20. The molecule has 0 saturated carbocycles. The Morgan fingerprint density at radius 1 is 1.45 bits per heavy atom. The standard InChI is InChI=1S/C13H21N3O3S/c1-9-12(16-7-10-3-2-4-19-8-10)5-11(14)6-13(9)20(15,17)18/h5-6,10,16H,2-4,7-8,14H2,1H3,(H2,15,17,18). The Hall–Kier alpha value is -1.31. The van der Waals surface area contributed by atoms with E-state index in [1.54, 1.807) is 13.0 Å². The van der Waals surface area contributed by atoms with Crippen LogP contribution in [-0.4, -0.2) is 28.2 Å². The minimum atomic E-state index is -3.77. The van der Waals surface area contributed by atoms with Crippen molar-refractivity contribution < 1.29 is 13.2 Å². The van der Waals surface area contributed by atoms with Gasteiger partial charge in [0.2, 0.25) is 10.0 Å². The van der Waals surface area contributed by atoms with Crippen LogP contribution in [0.15, 0.2) is 17.0 Å². The Kier molecular flexibility index (Phi) is 4.52. The van der Waals surface area contributed by atoms with Crippen molar-refractivity contribution in [3.63, 3.8) is 0 Å². The van der Waals surface area contributed by atoms with Gasteiger partial charge in [-0.15, -0.1) is 0 Å². The monoisotopic (exact) mass is 299 g/mol. The lowest BCUT2D eigenvalue weighted by Gasteiger charge is -2.23. The number of hydrogen-bond donors (Lipinski definition) is 3. The van der Waals surface area contributed by atoms with Crippen molar-refractivity contribution >= 4 is 21.4 Å². The molecule has 5 N–H and O–H groups in total. The van der Waals surface area contributed by atoms with Gasteiger partial charge in [0, 0.05) is 24.5 Å². The topological polar surface area (TPSA) is 107 Å². The zero-order valence-corrected chi connectivity index (χ0v) is 12.4. The maximum atomic E-state index is 11.5. The maximum absolute atomic E-state index is 11.5. The van der Waals surface area contributed by atoms with Gasteiger partial charge < -0.3 is 15.8 Å². The van der Waals surface area contributed by atoms with E-state index in [-0.39, 0.29) is 4.90 Å². The maximum Gasteiger partial charge on any atom is 0.238 e. The molecule has 1 saturated heterocycles. The zero-order valence-electron chi connectivity index (χ0n) is 11.6. The summed E-state index contributed by atoms with van der Waals surface area (Å²) in [5.41, 5.74) is 7.43. The smallest absolute Gasteiger partial charge is 0.238 e. The number of nitrogens with two attached hydrogens (primary N) is 2. The summed E-state index contributed by atoms with van der Waals surface area (Å²) >= 11 is 0. The lowest BCUT2D eigenvalue weighted by Crippen LogP contribution is -2.25. The summed E-state index contributed by atoms with van der Waals surface area (Å²) in [6, 6.07) is 3.12. The van der Waals surface area contributed by atoms with Crippen molar-refractivity contribution in [1.29, 1.82) is 0 Å². The van der Waals surface area contributed by atoms with Crippen molar-refractivity contribution in [2.75, 3.05) is 30.8 Å². The zero-order chi connectivity index (χ0) is 14.8. The fourth-order valence-electron chi connectivity index (χ4n) is 2.41. The highest BCUT2D eigenvalue weighted by atomic mass is 32.2. The van der Waals surface area contributed by atoms with Gasteiger partial charge in [-0.25, -0.2) is 13.6 Å². The lowest BCUT2D eigenvalue weighted by molar-refractivity contribution is 0.0595. The van der Waals surface area contributed by atoms with Crippen LogP contribution in [0.3, 0.4) is 0 Å². The van der Waals surface area contributed by atoms with E-state index >= 15 is 0 Å². The van der Waals surface area contributed by atoms with Crippen LogP contribution in [0.5, 0.6) is 0 Å². The lowest BCUT2D eigenvalue weighted by atomic mass is 10.0. The first-order valence-electron chi connectivity index (χ1n) is 6.62. The fraction of sp³-hybridized carbons (Fsp3) is 0.538. The van der Waals surface area contributed by atoms with E-state index in [0.29, 0.717) is 22.9 Å². The van der Waals surface area contributed by atoms with Crippen LogP contribution in [0.25, 0.3) is 0 Å². The molecule has 20 heavy (non-hydrogen) atoms.